The average Bonchev–Trinajstić information content (AvgIpc) is 2.30. The summed E-state index contributed by atoms with van der Waals surface area (Å²) in [4.78, 5) is 0. The van der Waals surface area contributed by atoms with E-state index in [1.807, 2.05) is 24.3 Å². The minimum absolute atomic E-state index is 0.197. The van der Waals surface area contributed by atoms with Gasteiger partial charge in [0.25, 0.3) is 0 Å². The maximum atomic E-state index is 5.82. The van der Waals surface area contributed by atoms with Crippen LogP contribution in [-0.4, -0.2) is 19.8 Å². The Morgan fingerprint density at radius 2 is 1.88 bits per heavy atom. The molecule has 0 heterocycles. The topological polar surface area (TPSA) is 44.5 Å². The van der Waals surface area contributed by atoms with Gasteiger partial charge < -0.3 is 15.2 Å². The second-order valence-corrected chi connectivity index (χ2v) is 3.86. The maximum Gasteiger partial charge on any atom is 0.161 e. The number of para-hydroxylation sites is 2. The second-order valence-electron chi connectivity index (χ2n) is 3.86. The van der Waals surface area contributed by atoms with Gasteiger partial charge in [0.2, 0.25) is 0 Å². The van der Waals surface area contributed by atoms with Crippen LogP contribution in [0.25, 0.3) is 0 Å². The van der Waals surface area contributed by atoms with Crippen molar-refractivity contribution in [2.24, 2.45) is 5.73 Å². The molecule has 0 saturated carbocycles. The highest BCUT2D eigenvalue weighted by Gasteiger charge is 2.07. The molecule has 0 spiro atoms. The Morgan fingerprint density at radius 3 is 2.50 bits per heavy atom. The Labute approximate surface area is 97.6 Å². The van der Waals surface area contributed by atoms with Crippen LogP contribution in [0.2, 0.25) is 0 Å². The maximum absolute atomic E-state index is 5.82. The van der Waals surface area contributed by atoms with Crippen LogP contribution in [0.3, 0.4) is 0 Å². The molecule has 90 valence electrons. The largest absolute Gasteiger partial charge is 0.493 e. The smallest absolute Gasteiger partial charge is 0.161 e. The fourth-order valence-electron chi connectivity index (χ4n) is 1.57. The minimum atomic E-state index is 0.197. The molecule has 0 bridgehead atoms. The van der Waals surface area contributed by atoms with Crippen molar-refractivity contribution in [1.29, 1.82) is 0 Å². The number of nitrogens with two attached hydrogens (primary N) is 1. The van der Waals surface area contributed by atoms with Crippen LogP contribution in [0.5, 0.6) is 11.5 Å². The Bertz CT molecular complexity index is 302. The molecule has 1 rings (SSSR count). The summed E-state index contributed by atoms with van der Waals surface area (Å²) < 4.78 is 11.0. The van der Waals surface area contributed by atoms with Gasteiger partial charge in [-0.3, -0.25) is 0 Å². The van der Waals surface area contributed by atoms with Crippen LogP contribution in [0.4, 0.5) is 0 Å². The highest BCUT2D eigenvalue weighted by Crippen LogP contribution is 2.27. The van der Waals surface area contributed by atoms with Gasteiger partial charge in [0.05, 0.1) is 13.2 Å². The van der Waals surface area contributed by atoms with Gasteiger partial charge in [0, 0.05) is 0 Å². The number of hydrogen-bond acceptors (Lipinski definition) is 3. The molecule has 3 heteroatoms. The first kappa shape index (κ1) is 12.8. The molecule has 0 amide bonds. The lowest BCUT2D eigenvalue weighted by molar-refractivity contribution is 0.198. The van der Waals surface area contributed by atoms with Crippen LogP contribution in [0.1, 0.15) is 26.2 Å². The molecule has 1 unspecified atom stereocenters. The molecule has 1 atom stereocenters. The van der Waals surface area contributed by atoms with Gasteiger partial charge >= 0.3 is 0 Å². The molecule has 0 aromatic heterocycles. The first-order valence-electron chi connectivity index (χ1n) is 5.77. The van der Waals surface area contributed by atoms with Crippen molar-refractivity contribution < 1.29 is 9.47 Å². The Kier molecular flexibility index (Phi) is 5.72. The Morgan fingerprint density at radius 1 is 1.19 bits per heavy atom. The molecule has 0 aliphatic heterocycles. The standard InChI is InChI=1S/C13H21NO2/c1-11(7-5-6-10-14)16-13-9-4-3-8-12(13)15-2/h3-4,8-9,11H,5-7,10,14H2,1-2H3. The molecule has 0 radical (unpaired) electrons. The highest BCUT2D eigenvalue weighted by atomic mass is 16.5. The SMILES string of the molecule is COc1ccccc1OC(C)CCCCN. The lowest BCUT2D eigenvalue weighted by Crippen LogP contribution is -2.13. The normalized spacial score (nSPS) is 12.2. The van der Waals surface area contributed by atoms with Crippen molar-refractivity contribution in [3.8, 4) is 11.5 Å². The summed E-state index contributed by atoms with van der Waals surface area (Å²) >= 11 is 0. The Balaban J connectivity index is 2.45. The summed E-state index contributed by atoms with van der Waals surface area (Å²) in [6.45, 7) is 2.82. The van der Waals surface area contributed by atoms with E-state index in [2.05, 4.69) is 6.92 Å². The monoisotopic (exact) mass is 223 g/mol. The zero-order valence-corrected chi connectivity index (χ0v) is 10.1. The zero-order valence-electron chi connectivity index (χ0n) is 10.1. The van der Waals surface area contributed by atoms with Gasteiger partial charge in [-0.15, -0.1) is 0 Å². The third kappa shape index (κ3) is 4.11. The molecule has 16 heavy (non-hydrogen) atoms. The van der Waals surface area contributed by atoms with Gasteiger partial charge in [0.1, 0.15) is 0 Å². The summed E-state index contributed by atoms with van der Waals surface area (Å²) in [5.74, 6) is 1.60. The minimum Gasteiger partial charge on any atom is -0.493 e. The van der Waals surface area contributed by atoms with E-state index in [-0.39, 0.29) is 6.10 Å². The third-order valence-corrected chi connectivity index (χ3v) is 2.46. The lowest BCUT2D eigenvalue weighted by atomic mass is 10.2. The number of hydrogen-bond donors (Lipinski definition) is 1. The second kappa shape index (κ2) is 7.12. The van der Waals surface area contributed by atoms with Gasteiger partial charge in [-0.1, -0.05) is 12.1 Å². The Hall–Kier alpha value is -1.22. The molecule has 2 N–H and O–H groups in total. The van der Waals surface area contributed by atoms with E-state index in [1.54, 1.807) is 7.11 Å². The number of unbranched alkanes of at least 4 members (excludes halogenated alkanes) is 1. The zero-order chi connectivity index (χ0) is 11.8. The van der Waals surface area contributed by atoms with E-state index in [1.165, 1.54) is 0 Å². The summed E-state index contributed by atoms with van der Waals surface area (Å²) in [5, 5.41) is 0. The first-order chi connectivity index (χ1) is 7.77. The summed E-state index contributed by atoms with van der Waals surface area (Å²) in [7, 11) is 1.65. The first-order valence-corrected chi connectivity index (χ1v) is 5.77. The fourth-order valence-corrected chi connectivity index (χ4v) is 1.57. The van der Waals surface area contributed by atoms with E-state index >= 15 is 0 Å². The van der Waals surface area contributed by atoms with Crippen LogP contribution >= 0.6 is 0 Å². The van der Waals surface area contributed by atoms with E-state index in [4.69, 9.17) is 15.2 Å². The van der Waals surface area contributed by atoms with E-state index in [0.29, 0.717) is 0 Å². The van der Waals surface area contributed by atoms with Gasteiger partial charge in [-0.25, -0.2) is 0 Å². The van der Waals surface area contributed by atoms with Crippen molar-refractivity contribution in [2.75, 3.05) is 13.7 Å². The fraction of sp³-hybridized carbons (Fsp3) is 0.538. The molecular formula is C13H21NO2. The van der Waals surface area contributed by atoms with E-state index in [0.717, 1.165) is 37.3 Å². The van der Waals surface area contributed by atoms with Gasteiger partial charge in [-0.05, 0) is 44.9 Å². The average molecular weight is 223 g/mol. The molecule has 0 fully saturated rings. The number of methoxy groups -OCH3 is 1. The third-order valence-electron chi connectivity index (χ3n) is 2.46. The number of benzene rings is 1. The number of rotatable bonds is 7. The van der Waals surface area contributed by atoms with Crippen molar-refractivity contribution >= 4 is 0 Å². The van der Waals surface area contributed by atoms with Crippen molar-refractivity contribution in [1.82, 2.24) is 0 Å². The summed E-state index contributed by atoms with van der Waals surface area (Å²) in [6, 6.07) is 7.72. The van der Waals surface area contributed by atoms with Crippen molar-refractivity contribution in [2.45, 2.75) is 32.3 Å². The van der Waals surface area contributed by atoms with E-state index < -0.39 is 0 Å². The van der Waals surface area contributed by atoms with Gasteiger partial charge in [-0.2, -0.15) is 0 Å². The summed E-state index contributed by atoms with van der Waals surface area (Å²) in [5.41, 5.74) is 5.45. The van der Waals surface area contributed by atoms with Crippen molar-refractivity contribution in [3.05, 3.63) is 24.3 Å². The molecule has 0 aliphatic carbocycles. The molecule has 1 aromatic carbocycles. The summed E-state index contributed by atoms with van der Waals surface area (Å²) in [6.07, 6.45) is 3.38. The van der Waals surface area contributed by atoms with Crippen LogP contribution < -0.4 is 15.2 Å². The molecule has 0 saturated heterocycles. The van der Waals surface area contributed by atoms with E-state index in [9.17, 15) is 0 Å². The highest BCUT2D eigenvalue weighted by molar-refractivity contribution is 5.39. The van der Waals surface area contributed by atoms with Crippen LogP contribution in [0.15, 0.2) is 24.3 Å². The molecule has 0 aliphatic rings. The lowest BCUT2D eigenvalue weighted by Gasteiger charge is -2.16. The predicted octanol–water partition coefficient (Wildman–Crippen LogP) is 2.59. The predicted molar refractivity (Wildman–Crippen MR) is 66.0 cm³/mol. The van der Waals surface area contributed by atoms with Crippen LogP contribution in [-0.2, 0) is 0 Å². The molecule has 3 nitrogen and oxygen atoms in total. The number of ether oxygens (including phenoxy) is 2. The quantitative estimate of drug-likeness (QED) is 0.723. The molecular weight excluding hydrogens is 202 g/mol. The van der Waals surface area contributed by atoms with Crippen LogP contribution in [0, 0.1) is 0 Å². The van der Waals surface area contributed by atoms with Gasteiger partial charge in [0.15, 0.2) is 11.5 Å². The molecule has 1 aromatic rings. The van der Waals surface area contributed by atoms with Crippen molar-refractivity contribution in [3.63, 3.8) is 0 Å².